The van der Waals surface area contributed by atoms with Crippen LogP contribution in [0.15, 0.2) is 47.3 Å². The van der Waals surface area contributed by atoms with Gasteiger partial charge in [-0.2, -0.15) is 0 Å². The summed E-state index contributed by atoms with van der Waals surface area (Å²) in [6.45, 7) is 1.37. The summed E-state index contributed by atoms with van der Waals surface area (Å²) in [6.07, 6.45) is 13.5. The summed E-state index contributed by atoms with van der Waals surface area (Å²) >= 11 is 0. The molecule has 0 radical (unpaired) electrons. The molecular weight excluding hydrogens is 240 g/mol. The molecule has 0 atom stereocenters. The summed E-state index contributed by atoms with van der Waals surface area (Å²) in [6, 6.07) is 0. The quantitative estimate of drug-likeness (QED) is 0.778. The van der Waals surface area contributed by atoms with E-state index in [1.54, 1.807) is 0 Å². The largest absolute Gasteiger partial charge is 0.490 e. The van der Waals surface area contributed by atoms with Crippen LogP contribution >= 0.6 is 0 Å². The van der Waals surface area contributed by atoms with Crippen LogP contribution in [0.1, 0.15) is 25.7 Å². The third-order valence-electron chi connectivity index (χ3n) is 3.63. The van der Waals surface area contributed by atoms with Crippen LogP contribution in [-0.4, -0.2) is 25.1 Å². The van der Waals surface area contributed by atoms with E-state index in [2.05, 4.69) is 6.08 Å². The van der Waals surface area contributed by atoms with Crippen molar-refractivity contribution in [3.05, 3.63) is 47.3 Å². The van der Waals surface area contributed by atoms with Crippen molar-refractivity contribution in [1.29, 1.82) is 0 Å². The second kappa shape index (κ2) is 5.57. The van der Waals surface area contributed by atoms with Crippen molar-refractivity contribution in [1.82, 2.24) is 0 Å². The van der Waals surface area contributed by atoms with Gasteiger partial charge in [0.25, 0.3) is 0 Å². The number of Topliss-reactive ketones (excluding diaryl/α,β-unsaturated/α-hetero) is 1. The summed E-state index contributed by atoms with van der Waals surface area (Å²) in [7, 11) is 0. The fourth-order valence-electron chi connectivity index (χ4n) is 2.40. The minimum Gasteiger partial charge on any atom is -0.490 e. The molecule has 0 aromatic carbocycles. The first-order chi connectivity index (χ1) is 9.33. The van der Waals surface area contributed by atoms with Crippen LogP contribution in [0.25, 0.3) is 0 Å². The predicted octanol–water partition coefficient (Wildman–Crippen LogP) is 2.85. The van der Waals surface area contributed by atoms with Crippen LogP contribution in [0.4, 0.5) is 0 Å². The van der Waals surface area contributed by atoms with E-state index in [1.807, 2.05) is 24.3 Å². The zero-order valence-electron chi connectivity index (χ0n) is 10.9. The first-order valence-electron chi connectivity index (χ1n) is 6.87. The van der Waals surface area contributed by atoms with Crippen LogP contribution in [-0.2, 0) is 14.3 Å². The molecule has 3 heteroatoms. The average Bonchev–Trinajstić information content (AvgIpc) is 2.44. The molecule has 3 nitrogen and oxygen atoms in total. The molecule has 0 N–H and O–H groups in total. The van der Waals surface area contributed by atoms with Crippen molar-refractivity contribution in [3.8, 4) is 0 Å². The highest BCUT2D eigenvalue weighted by Crippen LogP contribution is 2.26. The fourth-order valence-corrected chi connectivity index (χ4v) is 2.40. The maximum atomic E-state index is 12.3. The molecule has 0 amide bonds. The Morgan fingerprint density at radius 2 is 1.95 bits per heavy atom. The molecule has 0 saturated carbocycles. The predicted molar refractivity (Wildman–Crippen MR) is 72.6 cm³/mol. The van der Waals surface area contributed by atoms with E-state index in [4.69, 9.17) is 9.47 Å². The van der Waals surface area contributed by atoms with Gasteiger partial charge in [0.1, 0.15) is 6.10 Å². The average molecular weight is 258 g/mol. The summed E-state index contributed by atoms with van der Waals surface area (Å²) in [5.41, 5.74) is 1.83. The van der Waals surface area contributed by atoms with E-state index in [0.717, 1.165) is 42.6 Å². The molecule has 0 aromatic heterocycles. The molecule has 1 heterocycles. The van der Waals surface area contributed by atoms with Gasteiger partial charge < -0.3 is 9.47 Å². The van der Waals surface area contributed by atoms with Gasteiger partial charge in [0, 0.05) is 17.6 Å². The number of ether oxygens (including phenoxy) is 2. The summed E-state index contributed by atoms with van der Waals surface area (Å²) in [4.78, 5) is 12.3. The van der Waals surface area contributed by atoms with Crippen molar-refractivity contribution in [2.24, 2.45) is 0 Å². The van der Waals surface area contributed by atoms with Gasteiger partial charge in [-0.15, -0.1) is 0 Å². The smallest absolute Gasteiger partial charge is 0.185 e. The molecular formula is C16H18O3. The molecule has 1 aliphatic heterocycles. The number of rotatable bonds is 4. The lowest BCUT2D eigenvalue weighted by Crippen LogP contribution is -2.35. The van der Waals surface area contributed by atoms with Gasteiger partial charge in [0.2, 0.25) is 0 Å². The summed E-state index contributed by atoms with van der Waals surface area (Å²) < 4.78 is 10.8. The molecule has 0 unspecified atom stereocenters. The molecule has 0 aromatic rings. The lowest BCUT2D eigenvalue weighted by molar-refractivity contribution is -0.113. The molecule has 100 valence electrons. The van der Waals surface area contributed by atoms with Gasteiger partial charge in [0.15, 0.2) is 5.78 Å². The zero-order chi connectivity index (χ0) is 13.1. The Morgan fingerprint density at radius 3 is 2.53 bits per heavy atom. The third-order valence-corrected chi connectivity index (χ3v) is 3.63. The SMILES string of the molecule is O=C(C1=CC=CCC1)C1=CC=C(OC2COC2)CC1. The van der Waals surface area contributed by atoms with Crippen LogP contribution in [0.3, 0.4) is 0 Å². The van der Waals surface area contributed by atoms with Crippen molar-refractivity contribution in [2.75, 3.05) is 13.2 Å². The standard InChI is InChI=1S/C16H18O3/c17-16(12-4-2-1-3-5-12)13-6-8-14(9-7-13)19-15-10-18-11-15/h1-2,4,6,8,15H,3,5,7,9-11H2. The maximum absolute atomic E-state index is 12.3. The number of hydrogen-bond donors (Lipinski definition) is 0. The Morgan fingerprint density at radius 1 is 1.11 bits per heavy atom. The van der Waals surface area contributed by atoms with E-state index in [0.29, 0.717) is 13.2 Å². The highest BCUT2D eigenvalue weighted by molar-refractivity contribution is 6.08. The molecule has 3 rings (SSSR count). The van der Waals surface area contributed by atoms with Crippen molar-refractivity contribution >= 4 is 5.78 Å². The van der Waals surface area contributed by atoms with Gasteiger partial charge in [-0.25, -0.2) is 0 Å². The molecule has 19 heavy (non-hydrogen) atoms. The Kier molecular flexibility index (Phi) is 3.65. The van der Waals surface area contributed by atoms with Crippen LogP contribution in [0, 0.1) is 0 Å². The molecule has 0 bridgehead atoms. The Hall–Kier alpha value is -1.61. The highest BCUT2D eigenvalue weighted by atomic mass is 16.6. The second-order valence-corrected chi connectivity index (χ2v) is 5.09. The van der Waals surface area contributed by atoms with Crippen molar-refractivity contribution in [3.63, 3.8) is 0 Å². The molecule has 1 fully saturated rings. The zero-order valence-corrected chi connectivity index (χ0v) is 10.9. The third kappa shape index (κ3) is 2.87. The van der Waals surface area contributed by atoms with Gasteiger partial charge in [0.05, 0.1) is 19.0 Å². The van der Waals surface area contributed by atoms with Crippen LogP contribution in [0.2, 0.25) is 0 Å². The van der Waals surface area contributed by atoms with Gasteiger partial charge >= 0.3 is 0 Å². The highest BCUT2D eigenvalue weighted by Gasteiger charge is 2.23. The maximum Gasteiger partial charge on any atom is 0.185 e. The lowest BCUT2D eigenvalue weighted by atomic mass is 9.91. The number of allylic oxidation sites excluding steroid dienone is 8. The fraction of sp³-hybridized carbons (Fsp3) is 0.438. The second-order valence-electron chi connectivity index (χ2n) is 5.09. The van der Waals surface area contributed by atoms with E-state index >= 15 is 0 Å². The number of ketones is 1. The minimum absolute atomic E-state index is 0.201. The first kappa shape index (κ1) is 12.4. The van der Waals surface area contributed by atoms with Crippen LogP contribution < -0.4 is 0 Å². The topological polar surface area (TPSA) is 35.5 Å². The number of hydrogen-bond acceptors (Lipinski definition) is 3. The Bertz CT molecular complexity index is 490. The molecule has 1 saturated heterocycles. The Balaban J connectivity index is 1.64. The molecule has 0 spiro atoms. The Labute approximate surface area is 113 Å². The summed E-state index contributed by atoms with van der Waals surface area (Å²) in [5.74, 6) is 1.17. The van der Waals surface area contributed by atoms with E-state index in [1.165, 1.54) is 0 Å². The summed E-state index contributed by atoms with van der Waals surface area (Å²) in [5, 5.41) is 0. The number of carbonyl (C=O) groups excluding carboxylic acids is 1. The van der Waals surface area contributed by atoms with E-state index in [9.17, 15) is 4.79 Å². The van der Waals surface area contributed by atoms with Crippen molar-refractivity contribution in [2.45, 2.75) is 31.8 Å². The normalized spacial score (nSPS) is 23.1. The van der Waals surface area contributed by atoms with E-state index < -0.39 is 0 Å². The molecule has 3 aliphatic rings. The van der Waals surface area contributed by atoms with Crippen molar-refractivity contribution < 1.29 is 14.3 Å². The monoisotopic (exact) mass is 258 g/mol. The molecule has 2 aliphatic carbocycles. The van der Waals surface area contributed by atoms with Gasteiger partial charge in [-0.3, -0.25) is 4.79 Å². The first-order valence-corrected chi connectivity index (χ1v) is 6.87. The van der Waals surface area contributed by atoms with Gasteiger partial charge in [-0.1, -0.05) is 24.3 Å². The lowest BCUT2D eigenvalue weighted by Gasteiger charge is -2.28. The number of carbonyl (C=O) groups is 1. The van der Waals surface area contributed by atoms with E-state index in [-0.39, 0.29) is 11.9 Å². The van der Waals surface area contributed by atoms with Gasteiger partial charge in [-0.05, 0) is 25.3 Å². The van der Waals surface area contributed by atoms with Crippen LogP contribution in [0.5, 0.6) is 0 Å². The minimum atomic E-state index is 0.201.